The molecule has 1 saturated carbocycles. The minimum absolute atomic E-state index is 0.588. The van der Waals surface area contributed by atoms with E-state index in [1.54, 1.807) is 0 Å². The number of nitrogens with zero attached hydrogens (tertiary/aromatic N) is 1. The fraction of sp³-hybridized carbons (Fsp3) is 0.778. The van der Waals surface area contributed by atoms with E-state index in [-0.39, 0.29) is 0 Å². The summed E-state index contributed by atoms with van der Waals surface area (Å²) in [4.78, 5) is 2.78. The van der Waals surface area contributed by atoms with Crippen molar-refractivity contribution in [1.82, 2.24) is 4.90 Å². The molecule has 1 heterocycles. The van der Waals surface area contributed by atoms with Crippen LogP contribution in [0, 0.1) is 11.8 Å². The minimum atomic E-state index is 0.588. The van der Waals surface area contributed by atoms with Gasteiger partial charge in [-0.1, -0.05) is 68.9 Å². The smallest absolute Gasteiger partial charge is 0.0465 e. The Morgan fingerprint density at radius 3 is 2.57 bits per heavy atom. The fourth-order valence-corrected chi connectivity index (χ4v) is 5.99. The number of likely N-dealkylation sites (tertiary alicyclic amines) is 1. The first-order chi connectivity index (χ1) is 14.8. The molecule has 3 rings (SSSR count). The zero-order valence-corrected chi connectivity index (χ0v) is 19.4. The molecule has 3 atom stereocenters. The van der Waals surface area contributed by atoms with Crippen molar-refractivity contribution in [3.63, 3.8) is 0 Å². The summed E-state index contributed by atoms with van der Waals surface area (Å²) in [6.07, 6.45) is 14.9. The van der Waals surface area contributed by atoms with Crippen molar-refractivity contribution in [3.05, 3.63) is 35.9 Å². The molecule has 0 radical (unpaired) electrons. The van der Waals surface area contributed by atoms with Gasteiger partial charge in [0.15, 0.2) is 0 Å². The molecule has 0 aromatic heterocycles. The van der Waals surface area contributed by atoms with Crippen LogP contribution in [0.1, 0.15) is 89.0 Å². The Kier molecular flexibility index (Phi) is 10.7. The van der Waals surface area contributed by atoms with Gasteiger partial charge in [-0.3, -0.25) is 4.90 Å². The third kappa shape index (κ3) is 7.35. The van der Waals surface area contributed by atoms with Crippen LogP contribution in [-0.4, -0.2) is 43.8 Å². The van der Waals surface area contributed by atoms with Gasteiger partial charge in [-0.25, -0.2) is 0 Å². The van der Waals surface area contributed by atoms with Crippen molar-refractivity contribution in [2.45, 2.75) is 89.5 Å². The lowest BCUT2D eigenvalue weighted by molar-refractivity contribution is 0.0911. The molecule has 0 spiro atoms. The maximum Gasteiger partial charge on any atom is 0.0465 e. The van der Waals surface area contributed by atoms with Gasteiger partial charge in [0.1, 0.15) is 0 Å². The summed E-state index contributed by atoms with van der Waals surface area (Å²) < 4.78 is 5.58. The van der Waals surface area contributed by atoms with Gasteiger partial charge >= 0.3 is 0 Å². The lowest BCUT2D eigenvalue weighted by Gasteiger charge is -2.42. The molecular formula is C27H46N2O. The van der Waals surface area contributed by atoms with Crippen LogP contribution in [0.25, 0.3) is 0 Å². The second-order valence-corrected chi connectivity index (χ2v) is 9.74. The van der Waals surface area contributed by atoms with Gasteiger partial charge in [-0.15, -0.1) is 0 Å². The van der Waals surface area contributed by atoms with Crippen LogP contribution >= 0.6 is 0 Å². The van der Waals surface area contributed by atoms with Gasteiger partial charge in [0.25, 0.3) is 0 Å². The monoisotopic (exact) mass is 414 g/mol. The summed E-state index contributed by atoms with van der Waals surface area (Å²) in [7, 11) is 0. The first-order valence-electron chi connectivity index (χ1n) is 12.9. The Balaban J connectivity index is 1.60. The van der Waals surface area contributed by atoms with Gasteiger partial charge in [0.2, 0.25) is 0 Å². The molecule has 3 nitrogen and oxygen atoms in total. The third-order valence-electron chi connectivity index (χ3n) is 7.66. The van der Waals surface area contributed by atoms with E-state index in [1.165, 1.54) is 89.3 Å². The molecule has 30 heavy (non-hydrogen) atoms. The van der Waals surface area contributed by atoms with Crippen LogP contribution in [-0.2, 0) is 4.74 Å². The van der Waals surface area contributed by atoms with Crippen molar-refractivity contribution >= 4 is 0 Å². The largest absolute Gasteiger partial charge is 0.382 e. The average Bonchev–Trinajstić information content (AvgIpc) is 2.81. The van der Waals surface area contributed by atoms with E-state index >= 15 is 0 Å². The highest BCUT2D eigenvalue weighted by molar-refractivity contribution is 5.20. The molecule has 1 aromatic rings. The van der Waals surface area contributed by atoms with E-state index in [0.717, 1.165) is 31.6 Å². The average molecular weight is 415 g/mol. The number of hydrogen-bond acceptors (Lipinski definition) is 3. The Hall–Kier alpha value is -0.900. The van der Waals surface area contributed by atoms with Gasteiger partial charge < -0.3 is 10.5 Å². The molecule has 170 valence electrons. The summed E-state index contributed by atoms with van der Waals surface area (Å²) in [5.41, 5.74) is 7.86. The Labute approximate surface area is 185 Å². The fourth-order valence-electron chi connectivity index (χ4n) is 5.99. The molecular weight excluding hydrogens is 368 g/mol. The van der Waals surface area contributed by atoms with Crippen LogP contribution in [0.3, 0.4) is 0 Å². The number of unbranched alkanes of at least 4 members (excludes halogenated alkanes) is 1. The molecule has 2 fully saturated rings. The van der Waals surface area contributed by atoms with Crippen molar-refractivity contribution in [2.24, 2.45) is 17.6 Å². The highest BCUT2D eigenvalue weighted by Gasteiger charge is 2.32. The predicted molar refractivity (Wildman–Crippen MR) is 128 cm³/mol. The molecule has 1 aliphatic carbocycles. The summed E-state index contributed by atoms with van der Waals surface area (Å²) in [5, 5.41) is 0. The van der Waals surface area contributed by atoms with Crippen LogP contribution < -0.4 is 5.73 Å². The van der Waals surface area contributed by atoms with E-state index in [1.807, 2.05) is 0 Å². The van der Waals surface area contributed by atoms with E-state index in [2.05, 4.69) is 42.2 Å². The highest BCUT2D eigenvalue weighted by atomic mass is 16.5. The number of ether oxygens (including phenoxy) is 1. The lowest BCUT2D eigenvalue weighted by atomic mass is 9.77. The normalized spacial score (nSPS) is 23.3. The van der Waals surface area contributed by atoms with Crippen LogP contribution in [0.2, 0.25) is 0 Å². The van der Waals surface area contributed by atoms with Crippen molar-refractivity contribution in [3.8, 4) is 0 Å². The first-order valence-corrected chi connectivity index (χ1v) is 12.9. The zero-order valence-electron chi connectivity index (χ0n) is 19.4. The number of benzene rings is 1. The van der Waals surface area contributed by atoms with Crippen LogP contribution in [0.15, 0.2) is 30.3 Å². The van der Waals surface area contributed by atoms with E-state index < -0.39 is 0 Å². The standard InChI is InChI=1S/C27H46N2O/c1-2-30-19-10-9-17-27(24-14-7-4-8-15-24)25-16-11-18-29(22-25)26(21-28)20-23-12-5-3-6-13-23/h4,7-8,14-15,23,25-27H,2-3,5-6,9-13,16-22,28H2,1H3. The van der Waals surface area contributed by atoms with E-state index in [9.17, 15) is 0 Å². The minimum Gasteiger partial charge on any atom is -0.382 e. The Bertz CT molecular complexity index is 557. The molecule has 1 saturated heterocycles. The van der Waals surface area contributed by atoms with Crippen molar-refractivity contribution < 1.29 is 4.74 Å². The maximum absolute atomic E-state index is 6.32. The molecule has 0 bridgehead atoms. The third-order valence-corrected chi connectivity index (χ3v) is 7.66. The second kappa shape index (κ2) is 13.5. The zero-order chi connectivity index (χ0) is 21.0. The van der Waals surface area contributed by atoms with Gasteiger partial charge in [0.05, 0.1) is 0 Å². The number of nitrogens with two attached hydrogens (primary N) is 1. The molecule has 1 aromatic carbocycles. The topological polar surface area (TPSA) is 38.5 Å². The molecule has 2 aliphatic rings. The number of rotatable bonds is 12. The van der Waals surface area contributed by atoms with Crippen molar-refractivity contribution in [1.29, 1.82) is 0 Å². The van der Waals surface area contributed by atoms with Crippen LogP contribution in [0.5, 0.6) is 0 Å². The summed E-state index contributed by atoms with van der Waals surface area (Å²) in [6.45, 7) is 7.14. The van der Waals surface area contributed by atoms with E-state index in [4.69, 9.17) is 10.5 Å². The van der Waals surface area contributed by atoms with Crippen LogP contribution in [0.4, 0.5) is 0 Å². The lowest BCUT2D eigenvalue weighted by Crippen LogP contribution is -2.48. The molecule has 3 unspecified atom stereocenters. The molecule has 2 N–H and O–H groups in total. The van der Waals surface area contributed by atoms with Gasteiger partial charge in [-0.2, -0.15) is 0 Å². The SMILES string of the molecule is CCOCCCCC(c1ccccc1)C1CCCN(C(CN)CC2CCCCC2)C1. The summed E-state index contributed by atoms with van der Waals surface area (Å²) in [5.74, 6) is 2.34. The molecule has 3 heteroatoms. The van der Waals surface area contributed by atoms with Gasteiger partial charge in [-0.05, 0) is 68.9 Å². The second-order valence-electron chi connectivity index (χ2n) is 9.74. The number of piperidine rings is 1. The Morgan fingerprint density at radius 2 is 1.83 bits per heavy atom. The molecule has 1 aliphatic heterocycles. The first kappa shape index (κ1) is 23.8. The molecule has 0 amide bonds. The maximum atomic E-state index is 6.32. The van der Waals surface area contributed by atoms with Gasteiger partial charge in [0, 0.05) is 32.3 Å². The Morgan fingerprint density at radius 1 is 1.03 bits per heavy atom. The summed E-state index contributed by atoms with van der Waals surface area (Å²) in [6, 6.07) is 11.9. The van der Waals surface area contributed by atoms with Crippen molar-refractivity contribution in [2.75, 3.05) is 32.8 Å². The predicted octanol–water partition coefficient (Wildman–Crippen LogP) is 5.99. The highest BCUT2D eigenvalue weighted by Crippen LogP contribution is 2.37. The summed E-state index contributed by atoms with van der Waals surface area (Å²) >= 11 is 0. The number of hydrogen-bond donors (Lipinski definition) is 1. The quantitative estimate of drug-likeness (QED) is 0.427. The van der Waals surface area contributed by atoms with E-state index in [0.29, 0.717) is 12.0 Å².